The number of thioether (sulfide) groups is 1. The Morgan fingerprint density at radius 2 is 1.92 bits per heavy atom. The normalized spacial score (nSPS) is 12.0. The lowest BCUT2D eigenvalue weighted by molar-refractivity contribution is 0.132. The number of unbranched alkanes of at least 4 members (excludes halogenated alkanes) is 1. The highest BCUT2D eigenvalue weighted by Crippen LogP contribution is 2.47. The molecule has 4 aromatic rings. The van der Waals surface area contributed by atoms with Gasteiger partial charge in [0.2, 0.25) is 0 Å². The molecule has 14 heteroatoms. The Hall–Kier alpha value is -2.34. The lowest BCUT2D eigenvalue weighted by atomic mass is 10.2. The molecule has 0 atom stereocenters. The number of aromatic nitrogens is 7. The molecule has 0 spiro atoms. The van der Waals surface area contributed by atoms with Crippen LogP contribution in [0.15, 0.2) is 41.8 Å². The number of halogens is 1. The van der Waals surface area contributed by atoms with Crippen LogP contribution in [-0.4, -0.2) is 72.9 Å². The van der Waals surface area contributed by atoms with Crippen LogP contribution in [0.3, 0.4) is 0 Å². The molecule has 11 nitrogen and oxygen atoms in total. The summed E-state index contributed by atoms with van der Waals surface area (Å²) in [5.41, 5.74) is 2.93. The van der Waals surface area contributed by atoms with E-state index in [9.17, 15) is 4.57 Å². The number of ether oxygens (including phenoxy) is 1. The number of nitrogens with zero attached hydrogens (tertiary/aromatic N) is 7. The third-order valence-corrected chi connectivity index (χ3v) is 8.93. The number of benzene rings is 1. The van der Waals surface area contributed by atoms with Gasteiger partial charge in [0.05, 0.1) is 45.1 Å². The molecule has 4 rings (SSSR count). The highest BCUT2D eigenvalue weighted by molar-refractivity contribution is 7.99. The first kappa shape index (κ1) is 29.6. The SMILES string of the molecule is CCCCSc1nc(-n2cc(-c3cccc(Cl)c3)nn2)nc2c1ncn2CCOCCP(=O)(OCC)OCC. The van der Waals surface area contributed by atoms with Gasteiger partial charge in [-0.1, -0.05) is 42.3 Å². The molecule has 0 unspecified atom stereocenters. The Bertz CT molecular complexity index is 1410. The van der Waals surface area contributed by atoms with E-state index in [1.54, 1.807) is 42.8 Å². The highest BCUT2D eigenvalue weighted by atomic mass is 35.5. The molecule has 0 amide bonds. The average molecular weight is 594 g/mol. The minimum atomic E-state index is -3.13. The van der Waals surface area contributed by atoms with Gasteiger partial charge in [-0.05, 0) is 38.2 Å². The molecule has 0 fully saturated rings. The highest BCUT2D eigenvalue weighted by Gasteiger charge is 2.23. The minimum absolute atomic E-state index is 0.200. The number of hydrogen-bond donors (Lipinski definition) is 0. The number of fused-ring (bicyclic) bond motifs is 1. The number of hydrogen-bond acceptors (Lipinski definition) is 10. The van der Waals surface area contributed by atoms with Crippen LogP contribution in [0, 0.1) is 0 Å². The van der Waals surface area contributed by atoms with Crippen molar-refractivity contribution in [2.75, 3.05) is 38.3 Å². The molecule has 0 aliphatic heterocycles. The maximum absolute atomic E-state index is 12.6. The maximum atomic E-state index is 12.6. The molecule has 39 heavy (non-hydrogen) atoms. The fourth-order valence-corrected chi connectivity index (χ4v) is 6.45. The summed E-state index contributed by atoms with van der Waals surface area (Å²) < 4.78 is 32.5. The summed E-state index contributed by atoms with van der Waals surface area (Å²) in [7, 11) is -3.13. The lowest BCUT2D eigenvalue weighted by Gasteiger charge is -2.16. The van der Waals surface area contributed by atoms with Crippen LogP contribution in [0.4, 0.5) is 0 Å². The van der Waals surface area contributed by atoms with E-state index in [1.165, 1.54) is 0 Å². The first-order valence-corrected chi connectivity index (χ1v) is 16.1. The number of rotatable bonds is 16. The summed E-state index contributed by atoms with van der Waals surface area (Å²) in [6.45, 7) is 7.53. The molecule has 0 aliphatic carbocycles. The molecular weight excluding hydrogens is 561 g/mol. The standard InChI is InChI=1S/C25H33ClN7O4PS/c1-4-7-15-39-24-22-23(32(18-27-22)11-12-35-13-14-38(34,36-5-2)37-6-3)28-25(29-24)33-17-21(30-31-33)19-9-8-10-20(26)16-19/h8-10,16-18H,4-7,11-15H2,1-3H3. The van der Waals surface area contributed by atoms with Gasteiger partial charge in [-0.15, -0.1) is 16.9 Å². The predicted octanol–water partition coefficient (Wildman–Crippen LogP) is 5.90. The Labute approximate surface area is 237 Å². The number of imidazole rings is 1. The molecule has 0 aliphatic rings. The topological polar surface area (TPSA) is 119 Å². The van der Waals surface area contributed by atoms with Crippen molar-refractivity contribution >= 4 is 42.1 Å². The van der Waals surface area contributed by atoms with Crippen LogP contribution in [-0.2, 0) is 24.9 Å². The molecule has 0 saturated carbocycles. The second-order valence-electron chi connectivity index (χ2n) is 8.48. The molecule has 0 radical (unpaired) electrons. The van der Waals surface area contributed by atoms with E-state index >= 15 is 0 Å². The smallest absolute Gasteiger partial charge is 0.332 e. The lowest BCUT2D eigenvalue weighted by Crippen LogP contribution is -2.11. The fraction of sp³-hybridized carbons (Fsp3) is 0.480. The van der Waals surface area contributed by atoms with E-state index in [2.05, 4.69) is 22.2 Å². The van der Waals surface area contributed by atoms with Gasteiger partial charge in [-0.2, -0.15) is 9.67 Å². The molecule has 1 aromatic carbocycles. The van der Waals surface area contributed by atoms with Crippen LogP contribution < -0.4 is 0 Å². The van der Waals surface area contributed by atoms with Crippen molar-refractivity contribution in [3.8, 4) is 17.2 Å². The zero-order valence-corrected chi connectivity index (χ0v) is 24.8. The van der Waals surface area contributed by atoms with Crippen LogP contribution in [0.2, 0.25) is 5.02 Å². The van der Waals surface area contributed by atoms with E-state index in [-0.39, 0.29) is 12.8 Å². The van der Waals surface area contributed by atoms with Crippen molar-refractivity contribution in [2.45, 2.75) is 45.2 Å². The van der Waals surface area contributed by atoms with Crippen LogP contribution >= 0.6 is 31.0 Å². The Kier molecular flexibility index (Phi) is 10.9. The van der Waals surface area contributed by atoms with Crippen molar-refractivity contribution in [1.82, 2.24) is 34.5 Å². The largest absolute Gasteiger partial charge is 0.379 e. The van der Waals surface area contributed by atoms with Gasteiger partial charge in [-0.3, -0.25) is 4.57 Å². The van der Waals surface area contributed by atoms with Crippen molar-refractivity contribution < 1.29 is 18.3 Å². The summed E-state index contributed by atoms with van der Waals surface area (Å²) in [4.78, 5) is 14.1. The molecular formula is C25H33ClN7O4PS. The molecule has 0 bridgehead atoms. The van der Waals surface area contributed by atoms with E-state index < -0.39 is 7.60 Å². The second kappa shape index (κ2) is 14.3. The van der Waals surface area contributed by atoms with E-state index in [4.69, 9.17) is 35.4 Å². The van der Waals surface area contributed by atoms with Gasteiger partial charge < -0.3 is 18.4 Å². The zero-order valence-electron chi connectivity index (χ0n) is 22.3. The third-order valence-electron chi connectivity index (χ3n) is 5.61. The van der Waals surface area contributed by atoms with Crippen molar-refractivity contribution in [2.24, 2.45) is 0 Å². The monoisotopic (exact) mass is 593 g/mol. The predicted molar refractivity (Wildman–Crippen MR) is 153 cm³/mol. The van der Waals surface area contributed by atoms with E-state index in [1.807, 2.05) is 28.8 Å². The van der Waals surface area contributed by atoms with Gasteiger partial charge in [0.1, 0.15) is 16.2 Å². The first-order valence-electron chi connectivity index (χ1n) is 13.0. The second-order valence-corrected chi connectivity index (χ2v) is 12.2. The van der Waals surface area contributed by atoms with Gasteiger partial charge >= 0.3 is 7.60 Å². The molecule has 0 saturated heterocycles. The summed E-state index contributed by atoms with van der Waals surface area (Å²) in [5.74, 6) is 1.32. The van der Waals surface area contributed by atoms with Gasteiger partial charge in [0.25, 0.3) is 5.95 Å². The Morgan fingerprint density at radius 1 is 1.10 bits per heavy atom. The molecule has 3 heterocycles. The summed E-state index contributed by atoms with van der Waals surface area (Å²) in [5, 5.41) is 9.99. The average Bonchev–Trinajstić information content (AvgIpc) is 3.57. The fourth-order valence-electron chi connectivity index (χ4n) is 3.73. The molecule has 3 aromatic heterocycles. The summed E-state index contributed by atoms with van der Waals surface area (Å²) in [6.07, 6.45) is 5.87. The van der Waals surface area contributed by atoms with E-state index in [0.717, 1.165) is 34.7 Å². The van der Waals surface area contributed by atoms with Crippen molar-refractivity contribution in [3.05, 3.63) is 41.8 Å². The summed E-state index contributed by atoms with van der Waals surface area (Å²) >= 11 is 7.80. The van der Waals surface area contributed by atoms with Crippen molar-refractivity contribution in [1.29, 1.82) is 0 Å². The quantitative estimate of drug-likeness (QED) is 0.0672. The third kappa shape index (κ3) is 7.87. The molecule has 210 valence electrons. The maximum Gasteiger partial charge on any atom is 0.332 e. The van der Waals surface area contributed by atoms with Crippen LogP contribution in [0.5, 0.6) is 0 Å². The van der Waals surface area contributed by atoms with Gasteiger partial charge in [0, 0.05) is 17.1 Å². The minimum Gasteiger partial charge on any atom is -0.379 e. The van der Waals surface area contributed by atoms with E-state index in [0.29, 0.717) is 48.7 Å². The van der Waals surface area contributed by atoms with Gasteiger partial charge in [0.15, 0.2) is 5.65 Å². The summed E-state index contributed by atoms with van der Waals surface area (Å²) in [6, 6.07) is 7.44. The Balaban J connectivity index is 1.52. The van der Waals surface area contributed by atoms with Crippen molar-refractivity contribution in [3.63, 3.8) is 0 Å². The van der Waals surface area contributed by atoms with Crippen LogP contribution in [0.1, 0.15) is 33.6 Å². The Morgan fingerprint density at radius 3 is 2.67 bits per heavy atom. The first-order chi connectivity index (χ1) is 19.0. The van der Waals surface area contributed by atoms with Gasteiger partial charge in [-0.25, -0.2) is 9.97 Å². The molecule has 0 N–H and O–H groups in total. The van der Waals surface area contributed by atoms with Crippen LogP contribution in [0.25, 0.3) is 28.4 Å². The zero-order chi connectivity index (χ0) is 27.7.